The number of carbonyl (C=O) groups excluding carboxylic acids is 1. The molecule has 138 valence electrons. The van der Waals surface area contributed by atoms with Crippen molar-refractivity contribution in [3.8, 4) is 5.75 Å². The molecule has 26 heavy (non-hydrogen) atoms. The number of thioether (sulfide) groups is 1. The SMILES string of the molecule is Cc1cccc(OC(C)CNC(=O)c2ccccc2SC(C)C(=O)O)c1. The zero-order valence-electron chi connectivity index (χ0n) is 15.1. The summed E-state index contributed by atoms with van der Waals surface area (Å²) in [6, 6.07) is 14.7. The van der Waals surface area contributed by atoms with Gasteiger partial charge in [0.05, 0.1) is 12.1 Å². The van der Waals surface area contributed by atoms with E-state index < -0.39 is 11.2 Å². The molecule has 2 unspecified atom stereocenters. The number of rotatable bonds is 8. The highest BCUT2D eigenvalue weighted by Gasteiger charge is 2.18. The van der Waals surface area contributed by atoms with Gasteiger partial charge < -0.3 is 15.2 Å². The van der Waals surface area contributed by atoms with Crippen LogP contribution >= 0.6 is 11.8 Å². The molecule has 2 N–H and O–H groups in total. The number of amides is 1. The monoisotopic (exact) mass is 373 g/mol. The van der Waals surface area contributed by atoms with E-state index in [9.17, 15) is 9.59 Å². The van der Waals surface area contributed by atoms with E-state index in [0.29, 0.717) is 17.0 Å². The average molecular weight is 373 g/mol. The van der Waals surface area contributed by atoms with E-state index in [-0.39, 0.29) is 12.0 Å². The highest BCUT2D eigenvalue weighted by atomic mass is 32.2. The van der Waals surface area contributed by atoms with Gasteiger partial charge in [0, 0.05) is 4.90 Å². The van der Waals surface area contributed by atoms with Crippen LogP contribution in [-0.2, 0) is 4.79 Å². The van der Waals surface area contributed by atoms with Gasteiger partial charge in [-0.1, -0.05) is 24.3 Å². The molecule has 2 aromatic rings. The zero-order valence-corrected chi connectivity index (χ0v) is 15.9. The number of hydrogen-bond donors (Lipinski definition) is 2. The second kappa shape index (κ2) is 9.29. The van der Waals surface area contributed by atoms with Crippen molar-refractivity contribution in [3.63, 3.8) is 0 Å². The van der Waals surface area contributed by atoms with Crippen LogP contribution in [0.5, 0.6) is 5.75 Å². The fraction of sp³-hybridized carbons (Fsp3) is 0.300. The third kappa shape index (κ3) is 5.81. The van der Waals surface area contributed by atoms with E-state index in [0.717, 1.165) is 23.1 Å². The van der Waals surface area contributed by atoms with Crippen molar-refractivity contribution >= 4 is 23.6 Å². The van der Waals surface area contributed by atoms with Crippen LogP contribution < -0.4 is 10.1 Å². The van der Waals surface area contributed by atoms with E-state index in [1.165, 1.54) is 0 Å². The quantitative estimate of drug-likeness (QED) is 0.689. The molecule has 0 spiro atoms. The standard InChI is InChI=1S/C20H23NO4S/c1-13-7-6-8-16(11-13)25-14(2)12-21-19(22)17-9-4-5-10-18(17)26-15(3)20(23)24/h4-11,14-15H,12H2,1-3H3,(H,21,22)(H,23,24). The first-order valence-electron chi connectivity index (χ1n) is 8.37. The summed E-state index contributed by atoms with van der Waals surface area (Å²) in [5.74, 6) is -0.395. The van der Waals surface area contributed by atoms with Gasteiger partial charge in [-0.15, -0.1) is 11.8 Å². The first kappa shape index (κ1) is 19.8. The number of aliphatic carboxylic acids is 1. The number of carboxylic acids is 1. The predicted molar refractivity (Wildman–Crippen MR) is 103 cm³/mol. The minimum absolute atomic E-state index is 0.196. The summed E-state index contributed by atoms with van der Waals surface area (Å²) in [7, 11) is 0. The number of nitrogens with one attached hydrogen (secondary N) is 1. The molecule has 5 nitrogen and oxygen atoms in total. The van der Waals surface area contributed by atoms with Crippen LogP contribution in [0, 0.1) is 6.92 Å². The fourth-order valence-electron chi connectivity index (χ4n) is 2.29. The van der Waals surface area contributed by atoms with Crippen LogP contribution in [0.1, 0.15) is 29.8 Å². The largest absolute Gasteiger partial charge is 0.489 e. The molecular weight excluding hydrogens is 350 g/mol. The molecule has 0 fully saturated rings. The smallest absolute Gasteiger partial charge is 0.316 e. The number of hydrogen-bond acceptors (Lipinski definition) is 4. The molecule has 0 aliphatic carbocycles. The number of carbonyl (C=O) groups is 2. The summed E-state index contributed by atoms with van der Waals surface area (Å²) >= 11 is 1.15. The maximum absolute atomic E-state index is 12.5. The Kier molecular flexibility index (Phi) is 7.09. The molecule has 1 amide bonds. The van der Waals surface area contributed by atoms with Gasteiger partial charge in [-0.2, -0.15) is 0 Å². The van der Waals surface area contributed by atoms with Crippen LogP contribution in [0.3, 0.4) is 0 Å². The summed E-state index contributed by atoms with van der Waals surface area (Å²) in [5.41, 5.74) is 1.57. The van der Waals surface area contributed by atoms with Crippen molar-refractivity contribution in [1.82, 2.24) is 5.32 Å². The Morgan fingerprint density at radius 2 is 1.88 bits per heavy atom. The van der Waals surface area contributed by atoms with Crippen LogP contribution in [0.25, 0.3) is 0 Å². The minimum atomic E-state index is -0.912. The summed E-state index contributed by atoms with van der Waals surface area (Å²) in [6.07, 6.45) is -0.196. The molecular formula is C20H23NO4S. The lowest BCUT2D eigenvalue weighted by atomic mass is 10.2. The molecule has 0 radical (unpaired) electrons. The van der Waals surface area contributed by atoms with E-state index in [1.54, 1.807) is 31.2 Å². The highest BCUT2D eigenvalue weighted by molar-refractivity contribution is 8.00. The summed E-state index contributed by atoms with van der Waals surface area (Å²) < 4.78 is 5.81. The van der Waals surface area contributed by atoms with E-state index >= 15 is 0 Å². The maximum atomic E-state index is 12.5. The normalized spacial score (nSPS) is 12.9. The Hall–Kier alpha value is -2.47. The van der Waals surface area contributed by atoms with Crippen molar-refractivity contribution in [2.24, 2.45) is 0 Å². The van der Waals surface area contributed by atoms with Gasteiger partial charge >= 0.3 is 5.97 Å². The maximum Gasteiger partial charge on any atom is 0.316 e. The molecule has 2 aromatic carbocycles. The molecule has 0 bridgehead atoms. The number of benzene rings is 2. The van der Waals surface area contributed by atoms with Crippen molar-refractivity contribution in [2.45, 2.75) is 37.0 Å². The lowest BCUT2D eigenvalue weighted by molar-refractivity contribution is -0.136. The molecule has 0 aromatic heterocycles. The molecule has 0 aliphatic rings. The van der Waals surface area contributed by atoms with Gasteiger partial charge in [0.1, 0.15) is 17.1 Å². The van der Waals surface area contributed by atoms with Crippen molar-refractivity contribution < 1.29 is 19.4 Å². The minimum Gasteiger partial charge on any atom is -0.489 e. The Morgan fingerprint density at radius 1 is 1.15 bits per heavy atom. The Bertz CT molecular complexity index is 778. The predicted octanol–water partition coefficient (Wildman–Crippen LogP) is 3.76. The molecule has 0 heterocycles. The van der Waals surface area contributed by atoms with Gasteiger partial charge in [-0.05, 0) is 50.6 Å². The van der Waals surface area contributed by atoms with Gasteiger partial charge in [-0.3, -0.25) is 9.59 Å². The molecule has 0 saturated carbocycles. The average Bonchev–Trinajstić information content (AvgIpc) is 2.60. The summed E-state index contributed by atoms with van der Waals surface area (Å²) in [4.78, 5) is 24.2. The third-order valence-corrected chi connectivity index (χ3v) is 4.83. The third-order valence-electron chi connectivity index (χ3n) is 3.66. The summed E-state index contributed by atoms with van der Waals surface area (Å²) in [6.45, 7) is 5.82. The Morgan fingerprint density at radius 3 is 2.58 bits per heavy atom. The summed E-state index contributed by atoms with van der Waals surface area (Å²) in [5, 5.41) is 11.3. The van der Waals surface area contributed by atoms with Gasteiger partial charge in [0.2, 0.25) is 0 Å². The second-order valence-corrected chi connectivity index (χ2v) is 7.43. The highest BCUT2D eigenvalue weighted by Crippen LogP contribution is 2.27. The lowest BCUT2D eigenvalue weighted by Crippen LogP contribution is -2.33. The molecule has 0 saturated heterocycles. The Labute approximate surface area is 157 Å². The van der Waals surface area contributed by atoms with E-state index in [2.05, 4.69) is 5.32 Å². The Balaban J connectivity index is 1.96. The first-order chi connectivity index (χ1) is 12.4. The van der Waals surface area contributed by atoms with Crippen molar-refractivity contribution in [3.05, 3.63) is 59.7 Å². The first-order valence-corrected chi connectivity index (χ1v) is 9.25. The molecule has 2 rings (SSSR count). The molecule has 0 aliphatic heterocycles. The topological polar surface area (TPSA) is 75.6 Å². The van der Waals surface area contributed by atoms with E-state index in [1.807, 2.05) is 38.1 Å². The molecule has 2 atom stereocenters. The fourth-order valence-corrected chi connectivity index (χ4v) is 3.22. The van der Waals surface area contributed by atoms with Gasteiger partial charge in [0.15, 0.2) is 0 Å². The number of aryl methyl sites for hydroxylation is 1. The van der Waals surface area contributed by atoms with E-state index in [4.69, 9.17) is 9.84 Å². The van der Waals surface area contributed by atoms with Crippen LogP contribution in [0.4, 0.5) is 0 Å². The van der Waals surface area contributed by atoms with Gasteiger partial charge in [0.25, 0.3) is 5.91 Å². The lowest BCUT2D eigenvalue weighted by Gasteiger charge is -2.17. The van der Waals surface area contributed by atoms with Crippen LogP contribution in [0.2, 0.25) is 0 Å². The van der Waals surface area contributed by atoms with Crippen molar-refractivity contribution in [1.29, 1.82) is 0 Å². The van der Waals surface area contributed by atoms with Gasteiger partial charge in [-0.25, -0.2) is 0 Å². The number of ether oxygens (including phenoxy) is 1. The molecule has 6 heteroatoms. The second-order valence-electron chi connectivity index (χ2n) is 6.05. The van der Waals surface area contributed by atoms with Crippen LogP contribution in [-0.4, -0.2) is 34.9 Å². The van der Waals surface area contributed by atoms with Crippen molar-refractivity contribution in [2.75, 3.05) is 6.54 Å². The zero-order chi connectivity index (χ0) is 19.1. The number of carboxylic acid groups (broad SMARTS) is 1. The van der Waals surface area contributed by atoms with Crippen LogP contribution in [0.15, 0.2) is 53.4 Å².